The van der Waals surface area contributed by atoms with E-state index in [0.717, 1.165) is 30.2 Å². The number of hydrogen-bond donors (Lipinski definition) is 4. The molecule has 2 aromatic rings. The van der Waals surface area contributed by atoms with Crippen LogP contribution in [0.2, 0.25) is 0 Å². The fraction of sp³-hybridized carbons (Fsp3) is 0.594. The number of ether oxygens (including phenoxy) is 2. The number of nitrogens with zero attached hydrogens (tertiary/aromatic N) is 1. The van der Waals surface area contributed by atoms with Crippen molar-refractivity contribution in [2.24, 2.45) is 17.8 Å². The van der Waals surface area contributed by atoms with Gasteiger partial charge in [0.2, 0.25) is 17.6 Å². The number of ketones is 1. The lowest BCUT2D eigenvalue weighted by Crippen LogP contribution is -2.55. The zero-order valence-electron chi connectivity index (χ0n) is 25.1. The number of carbonyl (C=O) groups excluding carboxylic acids is 5. The highest BCUT2D eigenvalue weighted by Crippen LogP contribution is 2.43. The van der Waals surface area contributed by atoms with Gasteiger partial charge in [-0.3, -0.25) is 24.0 Å². The summed E-state index contributed by atoms with van der Waals surface area (Å²) in [5.74, 6) is -1.77. The second-order valence-electron chi connectivity index (χ2n) is 12.5. The molecule has 4 aliphatic rings. The third-order valence-electron chi connectivity index (χ3n) is 9.87. The highest BCUT2D eigenvalue weighted by Gasteiger charge is 2.50. The van der Waals surface area contributed by atoms with E-state index in [2.05, 4.69) is 20.9 Å². The van der Waals surface area contributed by atoms with E-state index in [-0.39, 0.29) is 42.0 Å². The Morgan fingerprint density at radius 3 is 2.68 bits per heavy atom. The maximum absolute atomic E-state index is 14.1. The first-order valence-electron chi connectivity index (χ1n) is 15.8. The first kappa shape index (κ1) is 30.1. The van der Waals surface area contributed by atoms with Crippen molar-refractivity contribution in [3.8, 4) is 5.75 Å². The summed E-state index contributed by atoms with van der Waals surface area (Å²) in [6.45, 7) is 2.03. The van der Waals surface area contributed by atoms with Crippen molar-refractivity contribution in [3.05, 3.63) is 30.0 Å². The molecule has 3 aliphatic heterocycles. The smallest absolute Gasteiger partial charge is 0.289 e. The summed E-state index contributed by atoms with van der Waals surface area (Å²) in [7, 11) is 1.58. The number of benzene rings is 1. The number of aromatic nitrogens is 1. The molecule has 4 amide bonds. The normalized spacial score (nSPS) is 25.8. The molecule has 4 N–H and O–H groups in total. The van der Waals surface area contributed by atoms with Gasteiger partial charge >= 0.3 is 0 Å². The molecule has 4 fully saturated rings. The number of fused-ring (bicyclic) bond motifs is 2. The molecule has 4 heterocycles. The SMILES string of the molecule is COc1cccc2[nH]c(C(=O)N3C[C@@H]4CCC[C@@H]4[C@H]3C(=O)N[C@@H](CC[C@@H]3CCNC3=O)C(=O)C(=O)NC3CCOCC3)cc12. The summed E-state index contributed by atoms with van der Waals surface area (Å²) in [4.78, 5) is 71.7. The summed E-state index contributed by atoms with van der Waals surface area (Å²) in [6, 6.07) is 5.23. The van der Waals surface area contributed by atoms with E-state index in [9.17, 15) is 24.0 Å². The minimum Gasteiger partial charge on any atom is -0.496 e. The topological polar surface area (TPSA) is 159 Å². The Hall–Kier alpha value is -3.93. The van der Waals surface area contributed by atoms with Crippen LogP contribution in [0.5, 0.6) is 5.75 Å². The van der Waals surface area contributed by atoms with E-state index in [1.807, 2.05) is 18.2 Å². The number of carbonyl (C=O) groups is 5. The highest BCUT2D eigenvalue weighted by molar-refractivity contribution is 6.38. The lowest BCUT2D eigenvalue weighted by atomic mass is 9.92. The van der Waals surface area contributed by atoms with Crippen molar-refractivity contribution in [1.82, 2.24) is 25.8 Å². The number of amides is 4. The van der Waals surface area contributed by atoms with Crippen molar-refractivity contribution in [3.63, 3.8) is 0 Å². The molecule has 3 saturated heterocycles. The summed E-state index contributed by atoms with van der Waals surface area (Å²) in [5.41, 5.74) is 1.11. The Morgan fingerprint density at radius 1 is 1.11 bits per heavy atom. The number of hydrogen-bond acceptors (Lipinski definition) is 7. The van der Waals surface area contributed by atoms with Crippen molar-refractivity contribution in [2.45, 2.75) is 69.5 Å². The number of nitrogens with one attached hydrogen (secondary N) is 4. The number of H-pyrrole nitrogens is 1. The predicted octanol–water partition coefficient (Wildman–Crippen LogP) is 1.68. The Labute approximate surface area is 256 Å². The minimum atomic E-state index is -1.11. The maximum atomic E-state index is 14.1. The zero-order valence-corrected chi connectivity index (χ0v) is 25.1. The van der Waals surface area contributed by atoms with Gasteiger partial charge in [0.25, 0.3) is 11.8 Å². The van der Waals surface area contributed by atoms with Crippen molar-refractivity contribution in [2.75, 3.05) is 33.4 Å². The number of aromatic amines is 1. The van der Waals surface area contributed by atoms with E-state index in [0.29, 0.717) is 63.4 Å². The fourth-order valence-electron chi connectivity index (χ4n) is 7.50. The van der Waals surface area contributed by atoms with Gasteiger partial charge < -0.3 is 35.3 Å². The lowest BCUT2D eigenvalue weighted by Gasteiger charge is -2.29. The molecule has 0 spiro atoms. The minimum absolute atomic E-state index is 0.0368. The molecule has 12 heteroatoms. The average Bonchev–Trinajstić information content (AvgIpc) is 3.82. The van der Waals surface area contributed by atoms with Gasteiger partial charge in [-0.25, -0.2) is 0 Å². The largest absolute Gasteiger partial charge is 0.496 e. The van der Waals surface area contributed by atoms with Crippen molar-refractivity contribution in [1.29, 1.82) is 0 Å². The maximum Gasteiger partial charge on any atom is 0.289 e. The molecule has 1 aromatic carbocycles. The molecule has 0 bridgehead atoms. The number of rotatable bonds is 10. The monoisotopic (exact) mass is 607 g/mol. The lowest BCUT2D eigenvalue weighted by molar-refractivity contribution is -0.141. The third-order valence-corrected chi connectivity index (χ3v) is 9.87. The van der Waals surface area contributed by atoms with E-state index in [1.54, 1.807) is 18.1 Å². The summed E-state index contributed by atoms with van der Waals surface area (Å²) in [5, 5.41) is 9.27. The molecule has 1 saturated carbocycles. The van der Waals surface area contributed by atoms with Crippen LogP contribution in [0.15, 0.2) is 24.3 Å². The Balaban J connectivity index is 1.22. The van der Waals surface area contributed by atoms with Crippen LogP contribution in [-0.2, 0) is 23.9 Å². The van der Waals surface area contributed by atoms with Gasteiger partial charge in [-0.15, -0.1) is 0 Å². The van der Waals surface area contributed by atoms with Gasteiger partial charge in [-0.1, -0.05) is 12.5 Å². The average molecular weight is 608 g/mol. The number of likely N-dealkylation sites (tertiary alicyclic amines) is 1. The molecule has 1 aliphatic carbocycles. The van der Waals surface area contributed by atoms with Crippen LogP contribution >= 0.6 is 0 Å². The third kappa shape index (κ3) is 6.04. The standard InChI is InChI=1S/C32H41N5O7/c1-43-26-7-3-6-23-22(26)16-25(35-23)32(42)37-17-19-4-2-5-21(19)27(37)30(40)36-24(9-8-18-10-13-33-29(18)39)28(38)31(41)34-20-11-14-44-15-12-20/h3,6-7,16,18-21,24,27,35H,2,4-5,8-15,17H2,1H3,(H,33,39)(H,34,41)(H,36,40)/t18-,19+,21+,24+,27+/m1/s1. The second kappa shape index (κ2) is 13.0. The molecular weight excluding hydrogens is 566 g/mol. The molecule has 0 radical (unpaired) electrons. The molecule has 44 heavy (non-hydrogen) atoms. The van der Waals surface area contributed by atoms with Gasteiger partial charge in [-0.05, 0) is 75.0 Å². The van der Waals surface area contributed by atoms with E-state index >= 15 is 0 Å². The van der Waals surface area contributed by atoms with Crippen LogP contribution in [0.4, 0.5) is 0 Å². The fourth-order valence-corrected chi connectivity index (χ4v) is 7.50. The quantitative estimate of drug-likeness (QED) is 0.299. The van der Waals surface area contributed by atoms with Crippen molar-refractivity contribution >= 4 is 40.3 Å². The zero-order chi connectivity index (χ0) is 30.8. The van der Waals surface area contributed by atoms with Gasteiger partial charge in [-0.2, -0.15) is 0 Å². The van der Waals surface area contributed by atoms with Crippen LogP contribution in [0, 0.1) is 17.8 Å². The summed E-state index contributed by atoms with van der Waals surface area (Å²) in [6.07, 6.45) is 5.08. The van der Waals surface area contributed by atoms with Gasteiger partial charge in [0.05, 0.1) is 13.2 Å². The van der Waals surface area contributed by atoms with Crippen LogP contribution in [0.3, 0.4) is 0 Å². The molecule has 1 aromatic heterocycles. The van der Waals surface area contributed by atoms with Crippen molar-refractivity contribution < 1.29 is 33.4 Å². The highest BCUT2D eigenvalue weighted by atomic mass is 16.5. The van der Waals surface area contributed by atoms with Crippen LogP contribution in [0.1, 0.15) is 61.9 Å². The molecule has 0 unspecified atom stereocenters. The molecule has 236 valence electrons. The van der Waals surface area contributed by atoms with Crippen LogP contribution < -0.4 is 20.7 Å². The van der Waals surface area contributed by atoms with Gasteiger partial charge in [0, 0.05) is 49.2 Å². The van der Waals surface area contributed by atoms with Crippen LogP contribution in [0.25, 0.3) is 10.9 Å². The van der Waals surface area contributed by atoms with Crippen LogP contribution in [-0.4, -0.2) is 90.8 Å². The summed E-state index contributed by atoms with van der Waals surface area (Å²) >= 11 is 0. The first-order valence-corrected chi connectivity index (χ1v) is 15.8. The first-order chi connectivity index (χ1) is 21.3. The second-order valence-corrected chi connectivity index (χ2v) is 12.5. The summed E-state index contributed by atoms with van der Waals surface area (Å²) < 4.78 is 10.8. The van der Waals surface area contributed by atoms with Gasteiger partial charge in [0.1, 0.15) is 17.5 Å². The molecule has 6 rings (SSSR count). The Morgan fingerprint density at radius 2 is 1.93 bits per heavy atom. The Kier molecular flexibility index (Phi) is 8.88. The predicted molar refractivity (Wildman–Crippen MR) is 160 cm³/mol. The molecular formula is C32H41N5O7. The molecule has 5 atom stereocenters. The van der Waals surface area contributed by atoms with E-state index in [4.69, 9.17) is 9.47 Å². The van der Waals surface area contributed by atoms with E-state index < -0.39 is 29.7 Å². The Bertz CT molecular complexity index is 1430. The molecule has 12 nitrogen and oxygen atoms in total. The number of Topliss-reactive ketones (excluding diaryl/α,β-unsaturated/α-hetero) is 1. The van der Waals surface area contributed by atoms with E-state index in [1.165, 1.54) is 0 Å². The van der Waals surface area contributed by atoms with Gasteiger partial charge in [0.15, 0.2) is 0 Å². The number of methoxy groups -OCH3 is 1.